The van der Waals surface area contributed by atoms with Gasteiger partial charge in [-0.05, 0) is 66.8 Å². The van der Waals surface area contributed by atoms with Gasteiger partial charge in [0.15, 0.2) is 0 Å². The molecule has 0 radical (unpaired) electrons. The fourth-order valence-electron chi connectivity index (χ4n) is 5.81. The minimum Gasteiger partial charge on any atom is -0.352 e. The molecule has 1 aliphatic rings. The number of amides is 2. The van der Waals surface area contributed by atoms with Crippen molar-refractivity contribution in [2.75, 3.05) is 10.8 Å². The molecular formula is C36H37Cl2N3O4S. The van der Waals surface area contributed by atoms with Gasteiger partial charge in [0.2, 0.25) is 11.8 Å². The maximum atomic E-state index is 14.6. The lowest BCUT2D eigenvalue weighted by molar-refractivity contribution is -0.140. The van der Waals surface area contributed by atoms with Crippen LogP contribution in [0.4, 0.5) is 5.69 Å². The predicted octanol–water partition coefficient (Wildman–Crippen LogP) is 7.20. The Balaban J connectivity index is 1.59. The summed E-state index contributed by atoms with van der Waals surface area (Å²) in [6.07, 6.45) is 4.09. The van der Waals surface area contributed by atoms with E-state index in [0.29, 0.717) is 5.02 Å². The largest absolute Gasteiger partial charge is 0.352 e. The molecule has 1 fully saturated rings. The van der Waals surface area contributed by atoms with E-state index in [1.165, 1.54) is 35.2 Å². The quantitative estimate of drug-likeness (QED) is 0.172. The molecule has 0 aromatic heterocycles. The maximum Gasteiger partial charge on any atom is 0.264 e. The zero-order valence-corrected chi connectivity index (χ0v) is 27.9. The van der Waals surface area contributed by atoms with Gasteiger partial charge in [-0.2, -0.15) is 0 Å². The van der Waals surface area contributed by atoms with Crippen LogP contribution in [0.15, 0.2) is 108 Å². The first-order chi connectivity index (χ1) is 22.1. The van der Waals surface area contributed by atoms with Crippen LogP contribution in [-0.4, -0.2) is 43.8 Å². The number of benzene rings is 4. The second-order valence-electron chi connectivity index (χ2n) is 11.6. The molecule has 0 spiro atoms. The third kappa shape index (κ3) is 8.10. The highest BCUT2D eigenvalue weighted by molar-refractivity contribution is 7.92. The van der Waals surface area contributed by atoms with E-state index >= 15 is 0 Å². The van der Waals surface area contributed by atoms with Gasteiger partial charge in [0.25, 0.3) is 10.0 Å². The SMILES string of the molecule is Cc1ccccc1CN(C(=O)CN(c1ccc(Cl)cc1Cl)S(=O)(=O)c1ccccc1)[C@H](Cc1ccccc1)C(=O)NC1CCCC1. The molecular weight excluding hydrogens is 641 g/mol. The van der Waals surface area contributed by atoms with Crippen molar-refractivity contribution in [1.82, 2.24) is 10.2 Å². The average molecular weight is 679 g/mol. The van der Waals surface area contributed by atoms with Crippen molar-refractivity contribution in [1.29, 1.82) is 0 Å². The predicted molar refractivity (Wildman–Crippen MR) is 183 cm³/mol. The van der Waals surface area contributed by atoms with E-state index in [-0.39, 0.29) is 40.5 Å². The number of hydrogen-bond donors (Lipinski definition) is 1. The van der Waals surface area contributed by atoms with Gasteiger partial charge in [-0.3, -0.25) is 13.9 Å². The number of hydrogen-bond acceptors (Lipinski definition) is 4. The molecule has 0 unspecified atom stereocenters. The van der Waals surface area contributed by atoms with Gasteiger partial charge in [-0.25, -0.2) is 8.42 Å². The second-order valence-corrected chi connectivity index (χ2v) is 14.3. The molecule has 10 heteroatoms. The molecule has 2 amide bonds. The minimum atomic E-state index is -4.26. The van der Waals surface area contributed by atoms with Crippen molar-refractivity contribution in [3.63, 3.8) is 0 Å². The van der Waals surface area contributed by atoms with Crippen molar-refractivity contribution in [2.45, 2.75) is 62.6 Å². The van der Waals surface area contributed by atoms with Crippen LogP contribution in [0.25, 0.3) is 0 Å². The molecule has 0 aliphatic heterocycles. The average Bonchev–Trinajstić information content (AvgIpc) is 3.56. The monoisotopic (exact) mass is 677 g/mol. The maximum absolute atomic E-state index is 14.6. The molecule has 0 saturated heterocycles. The van der Waals surface area contributed by atoms with Crippen LogP contribution in [0.2, 0.25) is 10.0 Å². The van der Waals surface area contributed by atoms with E-state index in [4.69, 9.17) is 23.2 Å². The van der Waals surface area contributed by atoms with E-state index in [0.717, 1.165) is 46.7 Å². The Morgan fingerprint density at radius 1 is 0.870 bits per heavy atom. The first kappa shape index (κ1) is 33.5. The van der Waals surface area contributed by atoms with Crippen LogP contribution < -0.4 is 9.62 Å². The third-order valence-electron chi connectivity index (χ3n) is 8.36. The normalized spacial score (nSPS) is 14.1. The van der Waals surface area contributed by atoms with E-state index in [1.54, 1.807) is 18.2 Å². The molecule has 1 atom stereocenters. The zero-order chi connectivity index (χ0) is 32.7. The van der Waals surface area contributed by atoms with Gasteiger partial charge < -0.3 is 10.2 Å². The molecule has 5 rings (SSSR count). The molecule has 7 nitrogen and oxygen atoms in total. The first-order valence-corrected chi connectivity index (χ1v) is 17.5. The van der Waals surface area contributed by atoms with E-state index in [1.807, 2.05) is 61.5 Å². The molecule has 4 aromatic rings. The third-order valence-corrected chi connectivity index (χ3v) is 10.7. The van der Waals surface area contributed by atoms with E-state index in [2.05, 4.69) is 5.32 Å². The fourth-order valence-corrected chi connectivity index (χ4v) is 7.82. The zero-order valence-electron chi connectivity index (χ0n) is 25.6. The number of halogens is 2. The molecule has 0 bridgehead atoms. The molecule has 1 saturated carbocycles. The first-order valence-electron chi connectivity index (χ1n) is 15.3. The lowest BCUT2D eigenvalue weighted by atomic mass is 10.0. The molecule has 0 heterocycles. The van der Waals surface area contributed by atoms with Crippen LogP contribution in [0, 0.1) is 6.92 Å². The van der Waals surface area contributed by atoms with Crippen LogP contribution in [0.3, 0.4) is 0 Å². The summed E-state index contributed by atoms with van der Waals surface area (Å²) >= 11 is 12.7. The van der Waals surface area contributed by atoms with Crippen LogP contribution in [0.1, 0.15) is 42.4 Å². The highest BCUT2D eigenvalue weighted by atomic mass is 35.5. The van der Waals surface area contributed by atoms with Crippen molar-refractivity contribution < 1.29 is 18.0 Å². The molecule has 4 aromatic carbocycles. The van der Waals surface area contributed by atoms with Gasteiger partial charge in [0.1, 0.15) is 12.6 Å². The summed E-state index contributed by atoms with van der Waals surface area (Å²) in [5.74, 6) is -0.809. The number of rotatable bonds is 12. The van der Waals surface area contributed by atoms with Crippen molar-refractivity contribution in [3.05, 3.63) is 130 Å². The smallest absolute Gasteiger partial charge is 0.264 e. The van der Waals surface area contributed by atoms with Crippen LogP contribution in [-0.2, 0) is 32.6 Å². The van der Waals surface area contributed by atoms with Gasteiger partial charge in [0.05, 0.1) is 15.6 Å². The van der Waals surface area contributed by atoms with E-state index < -0.39 is 28.5 Å². The molecule has 1 aliphatic carbocycles. The molecule has 240 valence electrons. The highest BCUT2D eigenvalue weighted by Crippen LogP contribution is 2.33. The number of anilines is 1. The Morgan fingerprint density at radius 3 is 2.15 bits per heavy atom. The van der Waals surface area contributed by atoms with E-state index in [9.17, 15) is 18.0 Å². The summed E-state index contributed by atoms with van der Waals surface area (Å²) in [5.41, 5.74) is 2.79. The van der Waals surface area contributed by atoms with Crippen LogP contribution >= 0.6 is 23.2 Å². The Kier molecular flexibility index (Phi) is 11.0. The summed E-state index contributed by atoms with van der Waals surface area (Å²) in [6, 6.07) is 28.6. The number of sulfonamides is 1. The van der Waals surface area contributed by atoms with Crippen LogP contribution in [0.5, 0.6) is 0 Å². The van der Waals surface area contributed by atoms with Crippen molar-refractivity contribution in [3.8, 4) is 0 Å². The van der Waals surface area contributed by atoms with Gasteiger partial charge in [0, 0.05) is 24.0 Å². The topological polar surface area (TPSA) is 86.8 Å². The molecule has 46 heavy (non-hydrogen) atoms. The summed E-state index contributed by atoms with van der Waals surface area (Å²) < 4.78 is 29.3. The Morgan fingerprint density at radius 2 is 1.50 bits per heavy atom. The van der Waals surface area contributed by atoms with Gasteiger partial charge in [-0.1, -0.05) is 109 Å². The fraction of sp³-hybridized carbons (Fsp3) is 0.278. The number of nitrogens with one attached hydrogen (secondary N) is 1. The highest BCUT2D eigenvalue weighted by Gasteiger charge is 2.36. The molecule has 1 N–H and O–H groups in total. The van der Waals surface area contributed by atoms with Crippen molar-refractivity contribution in [2.24, 2.45) is 0 Å². The minimum absolute atomic E-state index is 0.000850. The van der Waals surface area contributed by atoms with Gasteiger partial charge >= 0.3 is 0 Å². The summed E-state index contributed by atoms with van der Waals surface area (Å²) in [7, 11) is -4.26. The Hall–Kier alpha value is -3.85. The standard InChI is InChI=1S/C36H37Cl2N3O4S/c1-26-12-8-9-15-28(26)24-40(34(22-27-13-4-2-5-14-27)36(43)39-30-16-10-11-17-30)35(42)25-41(33-21-20-29(37)23-32(33)38)46(44,45)31-18-6-3-7-19-31/h2-9,12-15,18-21,23,30,34H,10-11,16-17,22,24-25H2,1H3,(H,39,43)/t34-/m1/s1. The second kappa shape index (κ2) is 15.2. The summed E-state index contributed by atoms with van der Waals surface area (Å²) in [5, 5.41) is 3.59. The summed E-state index contributed by atoms with van der Waals surface area (Å²) in [6.45, 7) is 1.46. The van der Waals surface area contributed by atoms with Crippen molar-refractivity contribution >= 4 is 50.7 Å². The number of carbonyl (C=O) groups excluding carboxylic acids is 2. The Bertz CT molecular complexity index is 1760. The number of aryl methyl sites for hydroxylation is 1. The number of carbonyl (C=O) groups is 2. The lowest BCUT2D eigenvalue weighted by Gasteiger charge is -2.34. The number of nitrogens with zero attached hydrogens (tertiary/aromatic N) is 2. The Labute approximate surface area is 281 Å². The lowest BCUT2D eigenvalue weighted by Crippen LogP contribution is -2.54. The van der Waals surface area contributed by atoms with Gasteiger partial charge in [-0.15, -0.1) is 0 Å². The summed E-state index contributed by atoms with van der Waals surface area (Å²) in [4.78, 5) is 30.3.